The van der Waals surface area contributed by atoms with Gasteiger partial charge in [0, 0.05) is 13.1 Å². The summed E-state index contributed by atoms with van der Waals surface area (Å²) in [5, 5.41) is 0. The van der Waals surface area contributed by atoms with Crippen LogP contribution < -0.4 is 5.73 Å². The van der Waals surface area contributed by atoms with Crippen LogP contribution in [0.4, 0.5) is 0 Å². The zero-order valence-corrected chi connectivity index (χ0v) is 11.3. The fourth-order valence-corrected chi connectivity index (χ4v) is 2.09. The molecule has 4 nitrogen and oxygen atoms in total. The Morgan fingerprint density at radius 2 is 2.24 bits per heavy atom. The number of nitrogens with two attached hydrogens (primary N) is 1. The molecule has 17 heavy (non-hydrogen) atoms. The third-order valence-corrected chi connectivity index (χ3v) is 3.68. The highest BCUT2D eigenvalue weighted by Gasteiger charge is 2.34. The van der Waals surface area contributed by atoms with Gasteiger partial charge in [-0.15, -0.1) is 12.4 Å². The molecule has 100 valence electrons. The van der Waals surface area contributed by atoms with Gasteiger partial charge in [0.05, 0.1) is 6.61 Å². The molecule has 1 amide bonds. The Labute approximate surface area is 109 Å². The van der Waals surface area contributed by atoms with E-state index in [1.165, 1.54) is 12.8 Å². The van der Waals surface area contributed by atoms with Crippen LogP contribution in [0.25, 0.3) is 0 Å². The highest BCUT2D eigenvalue weighted by atomic mass is 35.5. The van der Waals surface area contributed by atoms with Crippen LogP contribution >= 0.6 is 12.4 Å². The first-order chi connectivity index (χ1) is 7.63. The largest absolute Gasteiger partial charge is 0.371 e. The Morgan fingerprint density at radius 3 is 2.76 bits per heavy atom. The topological polar surface area (TPSA) is 55.6 Å². The molecule has 1 saturated heterocycles. The lowest BCUT2D eigenvalue weighted by Gasteiger charge is -2.22. The molecule has 1 atom stereocenters. The molecule has 2 rings (SSSR count). The monoisotopic (exact) mass is 262 g/mol. The minimum atomic E-state index is 0. The number of carbonyl (C=O) groups excluding carboxylic acids is 1. The van der Waals surface area contributed by atoms with Gasteiger partial charge in [-0.05, 0) is 37.1 Å². The minimum Gasteiger partial charge on any atom is -0.371 e. The number of amides is 1. The fraction of sp³-hybridized carbons (Fsp3) is 0.917. The van der Waals surface area contributed by atoms with E-state index in [0.29, 0.717) is 6.54 Å². The summed E-state index contributed by atoms with van der Waals surface area (Å²) in [7, 11) is 0. The Balaban J connectivity index is 0.00000144. The van der Waals surface area contributed by atoms with Gasteiger partial charge in [-0.2, -0.15) is 0 Å². The number of rotatable bonds is 5. The van der Waals surface area contributed by atoms with E-state index in [1.54, 1.807) is 0 Å². The quantitative estimate of drug-likeness (QED) is 0.805. The van der Waals surface area contributed by atoms with Crippen LogP contribution in [-0.4, -0.2) is 43.7 Å². The summed E-state index contributed by atoms with van der Waals surface area (Å²) in [6, 6.07) is 0. The van der Waals surface area contributed by atoms with Crippen molar-refractivity contribution in [2.45, 2.75) is 26.2 Å². The van der Waals surface area contributed by atoms with Gasteiger partial charge < -0.3 is 15.4 Å². The van der Waals surface area contributed by atoms with Crippen molar-refractivity contribution in [2.24, 2.45) is 17.1 Å². The number of ether oxygens (including phenoxy) is 1. The Kier molecular flexibility index (Phi) is 5.22. The SMILES string of the molecule is CC1(CN)CCN(C(=O)COCC2CC2)C1.Cl. The maximum Gasteiger partial charge on any atom is 0.248 e. The van der Waals surface area contributed by atoms with Crippen LogP contribution in [0.3, 0.4) is 0 Å². The third-order valence-electron chi connectivity index (χ3n) is 3.68. The summed E-state index contributed by atoms with van der Waals surface area (Å²) in [4.78, 5) is 13.7. The molecule has 0 aromatic rings. The number of hydrogen-bond donors (Lipinski definition) is 1. The summed E-state index contributed by atoms with van der Waals surface area (Å²) in [6.45, 7) is 5.42. The molecule has 1 aliphatic heterocycles. The standard InChI is InChI=1S/C12H22N2O2.ClH/c1-12(8-13)4-5-14(9-12)11(15)7-16-6-10-2-3-10;/h10H,2-9,13H2,1H3;1H. The van der Waals surface area contributed by atoms with Crippen LogP contribution in [0.5, 0.6) is 0 Å². The first-order valence-corrected chi connectivity index (χ1v) is 6.18. The van der Waals surface area contributed by atoms with Gasteiger partial charge in [0.2, 0.25) is 5.91 Å². The van der Waals surface area contributed by atoms with E-state index in [4.69, 9.17) is 10.5 Å². The Morgan fingerprint density at radius 1 is 1.53 bits per heavy atom. The van der Waals surface area contributed by atoms with Gasteiger partial charge in [-0.3, -0.25) is 4.79 Å². The minimum absolute atomic E-state index is 0. The highest BCUT2D eigenvalue weighted by molar-refractivity contribution is 5.85. The first-order valence-electron chi connectivity index (χ1n) is 6.18. The van der Waals surface area contributed by atoms with E-state index in [2.05, 4.69) is 6.92 Å². The Bertz CT molecular complexity index is 271. The van der Waals surface area contributed by atoms with Crippen LogP contribution in [0.2, 0.25) is 0 Å². The van der Waals surface area contributed by atoms with Crippen molar-refractivity contribution < 1.29 is 9.53 Å². The van der Waals surface area contributed by atoms with Gasteiger partial charge in [-0.1, -0.05) is 6.92 Å². The molecule has 2 N–H and O–H groups in total. The van der Waals surface area contributed by atoms with Crippen molar-refractivity contribution in [3.8, 4) is 0 Å². The Hall–Kier alpha value is -0.320. The second kappa shape index (κ2) is 6.03. The zero-order valence-electron chi connectivity index (χ0n) is 10.5. The zero-order chi connectivity index (χ0) is 11.6. The van der Waals surface area contributed by atoms with Gasteiger partial charge >= 0.3 is 0 Å². The fourth-order valence-electron chi connectivity index (χ4n) is 2.09. The van der Waals surface area contributed by atoms with Crippen LogP contribution in [-0.2, 0) is 9.53 Å². The summed E-state index contributed by atoms with van der Waals surface area (Å²) < 4.78 is 5.41. The molecular formula is C12H23ClN2O2. The number of hydrogen-bond acceptors (Lipinski definition) is 3. The van der Waals surface area contributed by atoms with Crippen LogP contribution in [0.1, 0.15) is 26.2 Å². The van der Waals surface area contributed by atoms with E-state index in [-0.39, 0.29) is 30.3 Å². The molecule has 1 saturated carbocycles. The molecule has 0 aromatic heterocycles. The molecule has 0 bridgehead atoms. The molecule has 0 aromatic carbocycles. The third kappa shape index (κ3) is 4.12. The number of halogens is 1. The first kappa shape index (κ1) is 14.7. The van der Waals surface area contributed by atoms with Crippen molar-refractivity contribution in [3.63, 3.8) is 0 Å². The smallest absolute Gasteiger partial charge is 0.248 e. The van der Waals surface area contributed by atoms with E-state index in [0.717, 1.165) is 32.0 Å². The van der Waals surface area contributed by atoms with Crippen molar-refractivity contribution in [1.29, 1.82) is 0 Å². The predicted molar refractivity (Wildman–Crippen MR) is 69.1 cm³/mol. The second-order valence-corrected chi connectivity index (χ2v) is 5.54. The average molecular weight is 263 g/mol. The molecule has 1 aliphatic carbocycles. The van der Waals surface area contributed by atoms with E-state index in [9.17, 15) is 4.79 Å². The molecule has 5 heteroatoms. The molecule has 2 fully saturated rings. The highest BCUT2D eigenvalue weighted by Crippen LogP contribution is 2.30. The lowest BCUT2D eigenvalue weighted by atomic mass is 9.90. The molecule has 1 unspecified atom stereocenters. The number of nitrogens with zero attached hydrogens (tertiary/aromatic N) is 1. The predicted octanol–water partition coefficient (Wildman–Crippen LogP) is 1.03. The van der Waals surface area contributed by atoms with Crippen molar-refractivity contribution >= 4 is 18.3 Å². The summed E-state index contributed by atoms with van der Waals surface area (Å²) >= 11 is 0. The number of likely N-dealkylation sites (tertiary alicyclic amines) is 1. The van der Waals surface area contributed by atoms with E-state index < -0.39 is 0 Å². The van der Waals surface area contributed by atoms with Crippen molar-refractivity contribution in [3.05, 3.63) is 0 Å². The van der Waals surface area contributed by atoms with Crippen molar-refractivity contribution in [2.75, 3.05) is 32.8 Å². The van der Waals surface area contributed by atoms with E-state index >= 15 is 0 Å². The molecule has 1 heterocycles. The summed E-state index contributed by atoms with van der Waals surface area (Å²) in [5.74, 6) is 0.846. The lowest BCUT2D eigenvalue weighted by molar-refractivity contribution is -0.135. The van der Waals surface area contributed by atoms with Gasteiger partial charge in [-0.25, -0.2) is 0 Å². The number of carbonyl (C=O) groups is 1. The van der Waals surface area contributed by atoms with E-state index in [1.807, 2.05) is 4.90 Å². The van der Waals surface area contributed by atoms with Gasteiger partial charge in [0.1, 0.15) is 6.61 Å². The van der Waals surface area contributed by atoms with Gasteiger partial charge in [0.25, 0.3) is 0 Å². The molecular weight excluding hydrogens is 240 g/mol. The second-order valence-electron chi connectivity index (χ2n) is 5.54. The maximum atomic E-state index is 11.8. The van der Waals surface area contributed by atoms with Crippen LogP contribution in [0, 0.1) is 11.3 Å². The molecule has 0 radical (unpaired) electrons. The van der Waals surface area contributed by atoms with Crippen molar-refractivity contribution in [1.82, 2.24) is 4.90 Å². The lowest BCUT2D eigenvalue weighted by Crippen LogP contribution is -2.36. The normalized spacial score (nSPS) is 28.0. The summed E-state index contributed by atoms with van der Waals surface area (Å²) in [6.07, 6.45) is 3.55. The average Bonchev–Trinajstić information content (AvgIpc) is 3.00. The molecule has 2 aliphatic rings. The van der Waals surface area contributed by atoms with Crippen LogP contribution in [0.15, 0.2) is 0 Å². The van der Waals surface area contributed by atoms with Gasteiger partial charge in [0.15, 0.2) is 0 Å². The summed E-state index contributed by atoms with van der Waals surface area (Å²) in [5.41, 5.74) is 5.83. The molecule has 0 spiro atoms. The maximum absolute atomic E-state index is 11.8.